The van der Waals surface area contributed by atoms with Gasteiger partial charge in [-0.2, -0.15) is 0 Å². The Bertz CT molecular complexity index is 375. The van der Waals surface area contributed by atoms with Gasteiger partial charge < -0.3 is 4.74 Å². The molecule has 0 aliphatic heterocycles. The predicted octanol–water partition coefficient (Wildman–Crippen LogP) is 2.58. The zero-order chi connectivity index (χ0) is 13.3. The number of rotatable bonds is 5. The monoisotopic (exact) mass is 266 g/mol. The molecule has 0 N–H and O–H groups in total. The minimum Gasteiger partial charge on any atom is -0.466 e. The van der Waals surface area contributed by atoms with Crippen LogP contribution in [-0.2, 0) is 14.3 Å². The van der Waals surface area contributed by atoms with Crippen LogP contribution in [0.3, 0.4) is 0 Å². The maximum Gasteiger partial charge on any atom is 0.309 e. The molecule has 2 saturated carbocycles. The van der Waals surface area contributed by atoms with E-state index in [0.29, 0.717) is 13.0 Å². The molecule has 0 heterocycles. The number of ether oxygens (including phenoxy) is 1. The van der Waals surface area contributed by atoms with Crippen LogP contribution in [0.25, 0.3) is 0 Å². The lowest BCUT2D eigenvalue weighted by molar-refractivity contribution is -0.150. The summed E-state index contributed by atoms with van der Waals surface area (Å²) in [4.78, 5) is 23.7. The van der Waals surface area contributed by atoms with Crippen LogP contribution in [0.1, 0.15) is 19.3 Å². The number of ketones is 1. The van der Waals surface area contributed by atoms with E-state index in [1.807, 2.05) is 5.70 Å². The van der Waals surface area contributed by atoms with Crippen LogP contribution in [-0.4, -0.2) is 26.4 Å². The van der Waals surface area contributed by atoms with Gasteiger partial charge in [-0.3, -0.25) is 9.59 Å². The van der Waals surface area contributed by atoms with Gasteiger partial charge in [-0.05, 0) is 24.8 Å². The van der Waals surface area contributed by atoms with Crippen molar-refractivity contribution in [2.24, 2.45) is 17.8 Å². The third-order valence-corrected chi connectivity index (χ3v) is 7.08. The largest absolute Gasteiger partial charge is 0.466 e. The molecular formula is C14H22O3Si. The van der Waals surface area contributed by atoms with Crippen molar-refractivity contribution in [2.75, 3.05) is 6.61 Å². The van der Waals surface area contributed by atoms with Gasteiger partial charge in [0.2, 0.25) is 0 Å². The molecule has 0 amide bonds. The molecule has 2 bridgehead atoms. The summed E-state index contributed by atoms with van der Waals surface area (Å²) in [5.74, 6) is 0.231. The molecule has 18 heavy (non-hydrogen) atoms. The molecule has 3 unspecified atom stereocenters. The second-order valence-corrected chi connectivity index (χ2v) is 11.1. The molecule has 2 aliphatic rings. The second kappa shape index (κ2) is 5.00. The topological polar surface area (TPSA) is 43.4 Å². The zero-order valence-corrected chi connectivity index (χ0v) is 12.3. The van der Waals surface area contributed by atoms with E-state index in [-0.39, 0.29) is 29.5 Å². The van der Waals surface area contributed by atoms with Crippen LogP contribution in [0.15, 0.2) is 12.3 Å². The summed E-state index contributed by atoms with van der Waals surface area (Å²) < 4.78 is 5.39. The molecule has 0 aromatic heterocycles. The van der Waals surface area contributed by atoms with Crippen molar-refractivity contribution in [3.8, 4) is 0 Å². The summed E-state index contributed by atoms with van der Waals surface area (Å²) >= 11 is 0. The summed E-state index contributed by atoms with van der Waals surface area (Å²) in [6, 6.07) is 0.915. The summed E-state index contributed by atoms with van der Waals surface area (Å²) in [6.07, 6.45) is 2.50. The van der Waals surface area contributed by atoms with Gasteiger partial charge in [-0.1, -0.05) is 13.1 Å². The highest BCUT2D eigenvalue weighted by Gasteiger charge is 2.51. The predicted molar refractivity (Wildman–Crippen MR) is 72.8 cm³/mol. The van der Waals surface area contributed by atoms with E-state index in [2.05, 4.69) is 19.7 Å². The molecule has 0 spiro atoms. The minimum absolute atomic E-state index is 0.0350. The first kappa shape index (κ1) is 13.5. The number of esters is 1. The van der Waals surface area contributed by atoms with Crippen molar-refractivity contribution in [3.63, 3.8) is 0 Å². The Morgan fingerprint density at radius 1 is 1.50 bits per heavy atom. The molecule has 3 nitrogen and oxygen atoms in total. The highest BCUT2D eigenvalue weighted by Crippen LogP contribution is 2.47. The van der Waals surface area contributed by atoms with Gasteiger partial charge in [0.25, 0.3) is 0 Å². The quantitative estimate of drug-likeness (QED) is 0.567. The van der Waals surface area contributed by atoms with Gasteiger partial charge in [-0.25, -0.2) is 0 Å². The van der Waals surface area contributed by atoms with Crippen LogP contribution in [0, 0.1) is 17.8 Å². The van der Waals surface area contributed by atoms with E-state index < -0.39 is 8.07 Å². The molecule has 0 aromatic rings. The van der Waals surface area contributed by atoms with Crippen molar-refractivity contribution in [3.05, 3.63) is 12.3 Å². The van der Waals surface area contributed by atoms with E-state index >= 15 is 0 Å². The van der Waals surface area contributed by atoms with Gasteiger partial charge in [0.05, 0.1) is 20.6 Å². The number of fused-ring (bicyclic) bond motifs is 2. The van der Waals surface area contributed by atoms with Crippen molar-refractivity contribution in [1.82, 2.24) is 0 Å². The van der Waals surface area contributed by atoms with E-state index in [1.165, 1.54) is 0 Å². The average molecular weight is 266 g/mol. The van der Waals surface area contributed by atoms with Crippen LogP contribution in [0.5, 0.6) is 0 Å². The van der Waals surface area contributed by atoms with Crippen LogP contribution in [0.4, 0.5) is 0 Å². The molecule has 2 rings (SSSR count). The van der Waals surface area contributed by atoms with Crippen molar-refractivity contribution in [1.29, 1.82) is 0 Å². The maximum absolute atomic E-state index is 12.0. The van der Waals surface area contributed by atoms with Gasteiger partial charge in [0.1, 0.15) is 5.78 Å². The molecular weight excluding hydrogens is 244 g/mol. The average Bonchev–Trinajstić information content (AvgIpc) is 2.85. The summed E-state index contributed by atoms with van der Waals surface area (Å²) in [7, 11) is -1.40. The molecule has 2 fully saturated rings. The second-order valence-electron chi connectivity index (χ2n) is 6.25. The standard InChI is InChI=1S/C14H22O3Si/c1-4-18(2,3)8-7-17-14(16)13-10-5-6-11(13)12(15)9-10/h4,10-11,13H,1,5-9H2,2-3H3. The minimum atomic E-state index is -1.40. The molecule has 0 saturated heterocycles. The zero-order valence-electron chi connectivity index (χ0n) is 11.3. The molecule has 4 heteroatoms. The Morgan fingerprint density at radius 3 is 2.72 bits per heavy atom. The third kappa shape index (κ3) is 2.58. The number of Topliss-reactive ketones (excluding diaryl/α,β-unsaturated/α-hetero) is 1. The number of carbonyl (C=O) groups excluding carboxylic acids is 2. The Morgan fingerprint density at radius 2 is 2.22 bits per heavy atom. The molecule has 100 valence electrons. The van der Waals surface area contributed by atoms with Gasteiger partial charge in [-0.15, -0.1) is 12.3 Å². The lowest BCUT2D eigenvalue weighted by Gasteiger charge is -2.18. The van der Waals surface area contributed by atoms with Crippen LogP contribution >= 0.6 is 0 Å². The summed E-state index contributed by atoms with van der Waals surface area (Å²) in [5, 5.41) is 0. The normalized spacial score (nSPS) is 30.6. The molecule has 2 aliphatic carbocycles. The Labute approximate surface area is 110 Å². The van der Waals surface area contributed by atoms with Crippen molar-refractivity contribution in [2.45, 2.75) is 38.4 Å². The summed E-state index contributed by atoms with van der Waals surface area (Å²) in [5.41, 5.74) is 2.02. The Balaban J connectivity index is 1.83. The first-order chi connectivity index (χ1) is 8.44. The lowest BCUT2D eigenvalue weighted by atomic mass is 9.98. The maximum atomic E-state index is 12.0. The highest BCUT2D eigenvalue weighted by molar-refractivity contribution is 6.82. The molecule has 3 atom stereocenters. The third-order valence-electron chi connectivity index (χ3n) is 4.48. The van der Waals surface area contributed by atoms with Crippen molar-refractivity contribution < 1.29 is 14.3 Å². The number of carbonyl (C=O) groups is 2. The van der Waals surface area contributed by atoms with Gasteiger partial charge >= 0.3 is 5.97 Å². The SMILES string of the molecule is C=C[Si](C)(C)CCOC(=O)C1C2CCC1C(=O)C2. The van der Waals surface area contributed by atoms with Crippen LogP contribution < -0.4 is 0 Å². The fraction of sp³-hybridized carbons (Fsp3) is 0.714. The first-order valence-corrected chi connectivity index (χ1v) is 10.1. The van der Waals surface area contributed by atoms with Crippen molar-refractivity contribution >= 4 is 19.8 Å². The van der Waals surface area contributed by atoms with Gasteiger partial charge in [0, 0.05) is 12.3 Å². The summed E-state index contributed by atoms with van der Waals surface area (Å²) in [6.45, 7) is 8.72. The lowest BCUT2D eigenvalue weighted by Crippen LogP contribution is -2.28. The Kier molecular flexibility index (Phi) is 3.75. The highest BCUT2D eigenvalue weighted by atomic mass is 28.3. The fourth-order valence-corrected chi connectivity index (χ4v) is 3.88. The van der Waals surface area contributed by atoms with E-state index in [0.717, 1.165) is 18.9 Å². The molecule has 0 aromatic carbocycles. The van der Waals surface area contributed by atoms with Gasteiger partial charge in [0.15, 0.2) is 0 Å². The van der Waals surface area contributed by atoms with Crippen LogP contribution in [0.2, 0.25) is 19.1 Å². The van der Waals surface area contributed by atoms with E-state index in [4.69, 9.17) is 4.74 Å². The van der Waals surface area contributed by atoms with E-state index in [1.54, 1.807) is 0 Å². The molecule has 0 radical (unpaired) electrons. The van der Waals surface area contributed by atoms with E-state index in [9.17, 15) is 9.59 Å². The first-order valence-electron chi connectivity index (χ1n) is 6.77. The fourth-order valence-electron chi connectivity index (χ4n) is 3.05. The number of hydrogen-bond donors (Lipinski definition) is 0. The Hall–Kier alpha value is -0.903. The number of hydrogen-bond acceptors (Lipinski definition) is 3. The smallest absolute Gasteiger partial charge is 0.309 e.